The van der Waals surface area contributed by atoms with Crippen molar-refractivity contribution in [1.82, 2.24) is 4.72 Å². The molecule has 1 aromatic carbocycles. The Balaban J connectivity index is 2.53. The largest absolute Gasteiger partial charge is 0.416 e. The fourth-order valence-electron chi connectivity index (χ4n) is 2.27. The number of amides is 1. The highest BCUT2D eigenvalue weighted by atomic mass is 32.2. The van der Waals surface area contributed by atoms with Crippen molar-refractivity contribution in [2.24, 2.45) is 0 Å². The number of carbonyl (C=O) groups excluding carboxylic acids is 1. The molecule has 0 unspecified atom stereocenters. The molecule has 0 radical (unpaired) electrons. The maximum atomic E-state index is 12.9. The lowest BCUT2D eigenvalue weighted by Crippen LogP contribution is -2.31. The van der Waals surface area contributed by atoms with Gasteiger partial charge in [-0.1, -0.05) is 0 Å². The monoisotopic (exact) mass is 394 g/mol. The number of benzene rings is 1. The van der Waals surface area contributed by atoms with E-state index in [1.807, 2.05) is 0 Å². The van der Waals surface area contributed by atoms with Crippen LogP contribution in [0.3, 0.4) is 0 Å². The van der Waals surface area contributed by atoms with Crippen LogP contribution in [-0.2, 0) is 21.0 Å². The second kappa shape index (κ2) is 8.85. The lowest BCUT2D eigenvalue weighted by molar-refractivity contribution is -0.138. The third-order valence-corrected chi connectivity index (χ3v) is 5.97. The van der Waals surface area contributed by atoms with Crippen molar-refractivity contribution in [2.45, 2.75) is 58.4 Å². The molecule has 9 heteroatoms. The molecule has 2 N–H and O–H groups in total. The molecule has 0 aliphatic heterocycles. The van der Waals surface area contributed by atoms with Gasteiger partial charge in [-0.05, 0) is 63.8 Å². The summed E-state index contributed by atoms with van der Waals surface area (Å²) < 4.78 is 64.2. The molecule has 0 spiro atoms. The first-order chi connectivity index (χ1) is 11.9. The first-order valence-electron chi connectivity index (χ1n) is 8.32. The molecule has 0 bridgehead atoms. The van der Waals surface area contributed by atoms with Crippen LogP contribution in [0.1, 0.15) is 49.8 Å². The quantitative estimate of drug-likeness (QED) is 0.659. The molecular formula is C17H25F3N2O3S. The van der Waals surface area contributed by atoms with Crippen LogP contribution in [0, 0.1) is 13.8 Å². The molecule has 0 saturated carbocycles. The van der Waals surface area contributed by atoms with Gasteiger partial charge in [-0.15, -0.1) is 0 Å². The van der Waals surface area contributed by atoms with Gasteiger partial charge in [-0.3, -0.25) is 4.79 Å². The number of carbonyl (C=O) groups is 1. The molecule has 0 fully saturated rings. The molecule has 0 heterocycles. The van der Waals surface area contributed by atoms with Crippen LogP contribution in [0.5, 0.6) is 0 Å². The highest BCUT2D eigenvalue weighted by molar-refractivity contribution is 7.90. The third-order valence-electron chi connectivity index (χ3n) is 4.12. The normalized spacial score (nSPS) is 12.5. The Labute approximate surface area is 152 Å². The summed E-state index contributed by atoms with van der Waals surface area (Å²) in [6, 6.07) is 2.21. The summed E-state index contributed by atoms with van der Waals surface area (Å²) in [6.45, 7) is 6.29. The molecule has 0 aliphatic carbocycles. The maximum absolute atomic E-state index is 12.9. The minimum atomic E-state index is -4.43. The summed E-state index contributed by atoms with van der Waals surface area (Å²) in [5, 5.41) is 2.09. The zero-order valence-corrected chi connectivity index (χ0v) is 16.1. The number of rotatable bonds is 8. The van der Waals surface area contributed by atoms with Crippen molar-refractivity contribution in [3.8, 4) is 0 Å². The molecular weight excluding hydrogens is 369 g/mol. The molecule has 0 aliphatic rings. The smallest absolute Gasteiger partial charge is 0.326 e. The van der Waals surface area contributed by atoms with Gasteiger partial charge < -0.3 is 5.32 Å². The van der Waals surface area contributed by atoms with Crippen LogP contribution < -0.4 is 10.0 Å². The number of halogens is 3. The van der Waals surface area contributed by atoms with Gasteiger partial charge in [0, 0.05) is 18.7 Å². The molecule has 0 saturated heterocycles. The van der Waals surface area contributed by atoms with E-state index in [2.05, 4.69) is 10.0 Å². The fourth-order valence-corrected chi connectivity index (χ4v) is 3.03. The van der Waals surface area contributed by atoms with E-state index in [-0.39, 0.29) is 24.4 Å². The summed E-state index contributed by atoms with van der Waals surface area (Å²) in [6.07, 6.45) is -3.32. The van der Waals surface area contributed by atoms with Crippen LogP contribution in [0.2, 0.25) is 0 Å². The van der Waals surface area contributed by atoms with E-state index in [4.69, 9.17) is 0 Å². The standard InChI is InChI=1S/C17H25F3N2O3S/c1-11(2)26(24,25)21-10-6-5-7-16(23)22-15-9-8-14(17(18,19)20)12(3)13(15)4/h8-9,11,21H,5-7,10H2,1-4H3,(H,22,23). The summed E-state index contributed by atoms with van der Waals surface area (Å²) in [4.78, 5) is 12.0. The first kappa shape index (κ1) is 22.4. The average Bonchev–Trinajstić information content (AvgIpc) is 2.50. The summed E-state index contributed by atoms with van der Waals surface area (Å²) in [7, 11) is -3.32. The molecule has 1 amide bonds. The van der Waals surface area contributed by atoms with Crippen LogP contribution in [-0.4, -0.2) is 26.1 Å². The van der Waals surface area contributed by atoms with Gasteiger partial charge >= 0.3 is 6.18 Å². The van der Waals surface area contributed by atoms with E-state index < -0.39 is 27.0 Å². The zero-order valence-electron chi connectivity index (χ0n) is 15.3. The number of hydrogen-bond donors (Lipinski definition) is 2. The van der Waals surface area contributed by atoms with Crippen molar-refractivity contribution < 1.29 is 26.4 Å². The predicted octanol–water partition coefficient (Wildman–Crippen LogP) is 3.76. The van der Waals surface area contributed by atoms with Crippen molar-refractivity contribution in [3.05, 3.63) is 28.8 Å². The molecule has 148 valence electrons. The summed E-state index contributed by atoms with van der Waals surface area (Å²) in [5.74, 6) is -0.320. The SMILES string of the molecule is Cc1c(NC(=O)CCCCNS(=O)(=O)C(C)C)ccc(C(F)(F)F)c1C. The van der Waals surface area contributed by atoms with Crippen LogP contribution in [0.15, 0.2) is 12.1 Å². The van der Waals surface area contributed by atoms with Crippen LogP contribution in [0.4, 0.5) is 18.9 Å². The van der Waals surface area contributed by atoms with Crippen molar-refractivity contribution in [1.29, 1.82) is 0 Å². The summed E-state index contributed by atoms with van der Waals surface area (Å²) >= 11 is 0. The molecule has 5 nitrogen and oxygen atoms in total. The summed E-state index contributed by atoms with van der Waals surface area (Å²) in [5.41, 5.74) is 0.0858. The van der Waals surface area contributed by atoms with Gasteiger partial charge in [-0.2, -0.15) is 13.2 Å². The molecule has 0 atom stereocenters. The van der Waals surface area contributed by atoms with Gasteiger partial charge in [0.25, 0.3) is 0 Å². The van der Waals surface area contributed by atoms with Crippen LogP contribution in [0.25, 0.3) is 0 Å². The van der Waals surface area contributed by atoms with E-state index in [1.54, 1.807) is 13.8 Å². The topological polar surface area (TPSA) is 75.3 Å². The Hall–Kier alpha value is -1.61. The highest BCUT2D eigenvalue weighted by Crippen LogP contribution is 2.35. The number of sulfonamides is 1. The number of anilines is 1. The minimum absolute atomic E-state index is 0.0818. The van der Waals surface area contributed by atoms with Gasteiger partial charge in [0.2, 0.25) is 15.9 Å². The molecule has 1 aromatic rings. The minimum Gasteiger partial charge on any atom is -0.326 e. The number of unbranched alkanes of at least 4 members (excludes halogenated alkanes) is 1. The van der Waals surface area contributed by atoms with Gasteiger partial charge in [0.05, 0.1) is 10.8 Å². The van der Waals surface area contributed by atoms with E-state index in [1.165, 1.54) is 19.9 Å². The van der Waals surface area contributed by atoms with E-state index in [0.29, 0.717) is 24.1 Å². The Bertz CT molecular complexity index is 744. The Morgan fingerprint density at radius 3 is 2.27 bits per heavy atom. The molecule has 0 aromatic heterocycles. The van der Waals surface area contributed by atoms with E-state index >= 15 is 0 Å². The first-order valence-corrected chi connectivity index (χ1v) is 9.86. The average molecular weight is 394 g/mol. The number of hydrogen-bond acceptors (Lipinski definition) is 3. The van der Waals surface area contributed by atoms with E-state index in [0.717, 1.165) is 6.07 Å². The second-order valence-electron chi connectivity index (χ2n) is 6.40. The number of alkyl halides is 3. The fraction of sp³-hybridized carbons (Fsp3) is 0.588. The van der Waals surface area contributed by atoms with Crippen molar-refractivity contribution in [3.63, 3.8) is 0 Å². The van der Waals surface area contributed by atoms with Gasteiger partial charge in [-0.25, -0.2) is 13.1 Å². The molecule has 1 rings (SSSR count). The predicted molar refractivity (Wildman–Crippen MR) is 95.5 cm³/mol. The maximum Gasteiger partial charge on any atom is 0.416 e. The van der Waals surface area contributed by atoms with Crippen molar-refractivity contribution in [2.75, 3.05) is 11.9 Å². The van der Waals surface area contributed by atoms with Crippen LogP contribution >= 0.6 is 0 Å². The second-order valence-corrected chi connectivity index (χ2v) is 8.72. The molecule has 26 heavy (non-hydrogen) atoms. The highest BCUT2D eigenvalue weighted by Gasteiger charge is 2.33. The Morgan fingerprint density at radius 2 is 1.73 bits per heavy atom. The number of nitrogens with one attached hydrogen (secondary N) is 2. The lowest BCUT2D eigenvalue weighted by Gasteiger charge is -2.16. The lowest BCUT2D eigenvalue weighted by atomic mass is 10.0. The Morgan fingerprint density at radius 1 is 1.12 bits per heavy atom. The Kier molecular flexibility index (Phi) is 7.64. The van der Waals surface area contributed by atoms with Gasteiger partial charge in [0.15, 0.2) is 0 Å². The van der Waals surface area contributed by atoms with Crippen molar-refractivity contribution >= 4 is 21.6 Å². The van der Waals surface area contributed by atoms with Gasteiger partial charge in [0.1, 0.15) is 0 Å². The van der Waals surface area contributed by atoms with E-state index in [9.17, 15) is 26.4 Å². The zero-order chi connectivity index (χ0) is 20.1. The third kappa shape index (κ3) is 6.28.